The van der Waals surface area contributed by atoms with Gasteiger partial charge in [-0.15, -0.1) is 0 Å². The predicted molar refractivity (Wildman–Crippen MR) is 140 cm³/mol. The van der Waals surface area contributed by atoms with Gasteiger partial charge in [-0.05, 0) is 60.4 Å². The van der Waals surface area contributed by atoms with Crippen LogP contribution in [0.15, 0.2) is 42.6 Å². The number of nitrogens with zero attached hydrogens (tertiary/aromatic N) is 3. The van der Waals surface area contributed by atoms with Crippen LogP contribution in [0.3, 0.4) is 0 Å². The maximum Gasteiger partial charge on any atom is 0.416 e. The SMILES string of the molecule is CC[C@]1(N)C[C@H](c2ncc(OCC(=O)O)c(Cc3cc(C(F)(F)F)cc(C(F)(F)F)c3)n2)c2cc(C(F)(F)F)ccc2N1C(=O)O. The molecule has 0 fully saturated rings. The molecule has 2 atom stereocenters. The Kier molecular flexibility index (Phi) is 8.91. The van der Waals surface area contributed by atoms with Crippen molar-refractivity contribution in [3.63, 3.8) is 0 Å². The van der Waals surface area contributed by atoms with E-state index in [4.69, 9.17) is 15.6 Å². The van der Waals surface area contributed by atoms with E-state index in [1.54, 1.807) is 0 Å². The van der Waals surface area contributed by atoms with E-state index in [1.807, 2.05) is 0 Å². The van der Waals surface area contributed by atoms with Crippen molar-refractivity contribution in [2.24, 2.45) is 5.73 Å². The highest BCUT2D eigenvalue weighted by atomic mass is 19.4. The van der Waals surface area contributed by atoms with Gasteiger partial charge in [-0.3, -0.25) is 4.90 Å². The van der Waals surface area contributed by atoms with Crippen LogP contribution in [0, 0.1) is 0 Å². The number of benzene rings is 2. The van der Waals surface area contributed by atoms with Gasteiger partial charge in [-0.2, -0.15) is 39.5 Å². The molecule has 0 unspecified atom stereocenters. The van der Waals surface area contributed by atoms with E-state index in [1.165, 1.54) is 6.92 Å². The predicted octanol–water partition coefficient (Wildman–Crippen LogP) is 6.67. The molecule has 0 radical (unpaired) electrons. The van der Waals surface area contributed by atoms with Gasteiger partial charge in [0.15, 0.2) is 12.4 Å². The molecule has 1 aliphatic rings. The topological polar surface area (TPSA) is 139 Å². The summed E-state index contributed by atoms with van der Waals surface area (Å²) in [4.78, 5) is 32.3. The number of hydrogen-bond acceptors (Lipinski definition) is 6. The third-order valence-electron chi connectivity index (χ3n) is 7.31. The van der Waals surface area contributed by atoms with Crippen LogP contribution in [0.25, 0.3) is 0 Å². The van der Waals surface area contributed by atoms with E-state index in [2.05, 4.69) is 9.97 Å². The first kappa shape index (κ1) is 34.3. The van der Waals surface area contributed by atoms with Crippen LogP contribution in [0.5, 0.6) is 5.75 Å². The molecule has 4 N–H and O–H groups in total. The first-order valence-corrected chi connectivity index (χ1v) is 13.2. The Morgan fingerprint density at radius 3 is 2.04 bits per heavy atom. The van der Waals surface area contributed by atoms with Crippen LogP contribution in [-0.4, -0.2) is 44.5 Å². The number of nitrogens with two attached hydrogens (primary N) is 1. The number of carbonyl (C=O) groups is 2. The summed E-state index contributed by atoms with van der Waals surface area (Å²) >= 11 is 0. The molecule has 2 heterocycles. The Hall–Kier alpha value is -4.61. The molecular weight excluding hydrogens is 643 g/mol. The minimum atomic E-state index is -5.18. The summed E-state index contributed by atoms with van der Waals surface area (Å²) in [6.07, 6.45) is -17.2. The highest BCUT2D eigenvalue weighted by molar-refractivity contribution is 5.90. The standard InChI is InChI=1S/C28H23F9N4O5/c1-2-25(38)10-18(17-9-14(26(29,30)31)3-4-20(17)41(25)24(44)45)23-39-11-21(46-12-22(42)43)19(40-23)7-13-5-15(27(32,33)34)8-16(6-13)28(35,36)37/h3-6,8-9,11,18H,2,7,10,12,38H2,1H3,(H,42,43)(H,44,45)/t18-,25+/m0/s1. The number of hydrogen-bond donors (Lipinski definition) is 3. The smallest absolute Gasteiger partial charge is 0.416 e. The van der Waals surface area contributed by atoms with Crippen LogP contribution < -0.4 is 15.4 Å². The zero-order valence-electron chi connectivity index (χ0n) is 23.4. The van der Waals surface area contributed by atoms with Gasteiger partial charge >= 0.3 is 30.6 Å². The number of carboxylic acid groups (broad SMARTS) is 2. The third kappa shape index (κ3) is 7.11. The lowest BCUT2D eigenvalue weighted by molar-refractivity contribution is -0.143. The van der Waals surface area contributed by atoms with Gasteiger partial charge in [0.1, 0.15) is 11.5 Å². The Morgan fingerprint density at radius 1 is 0.957 bits per heavy atom. The van der Waals surface area contributed by atoms with E-state index >= 15 is 0 Å². The van der Waals surface area contributed by atoms with Crippen LogP contribution in [0.4, 0.5) is 50.0 Å². The fraction of sp³-hybridized carbons (Fsp3) is 0.357. The van der Waals surface area contributed by atoms with Gasteiger partial charge in [0.2, 0.25) is 0 Å². The summed E-state index contributed by atoms with van der Waals surface area (Å²) in [7, 11) is 0. The lowest BCUT2D eigenvalue weighted by Gasteiger charge is -2.46. The lowest BCUT2D eigenvalue weighted by atomic mass is 9.80. The van der Waals surface area contributed by atoms with Crippen molar-refractivity contribution in [1.82, 2.24) is 9.97 Å². The molecule has 0 saturated carbocycles. The van der Waals surface area contributed by atoms with Crippen molar-refractivity contribution in [3.8, 4) is 5.75 Å². The molecule has 0 spiro atoms. The number of aliphatic carboxylic acids is 1. The number of aromatic nitrogens is 2. The van der Waals surface area contributed by atoms with Gasteiger partial charge < -0.3 is 20.7 Å². The van der Waals surface area contributed by atoms with Crippen molar-refractivity contribution in [2.75, 3.05) is 11.5 Å². The van der Waals surface area contributed by atoms with Gasteiger partial charge in [0, 0.05) is 12.3 Å². The summed E-state index contributed by atoms with van der Waals surface area (Å²) in [6.45, 7) is 0.506. The average Bonchev–Trinajstić information content (AvgIpc) is 2.94. The van der Waals surface area contributed by atoms with Crippen molar-refractivity contribution in [2.45, 2.75) is 56.3 Å². The molecule has 2 aromatic carbocycles. The summed E-state index contributed by atoms with van der Waals surface area (Å²) in [5.41, 5.74) is -1.14. The summed E-state index contributed by atoms with van der Waals surface area (Å²) in [6, 6.07) is 2.99. The molecule has 9 nitrogen and oxygen atoms in total. The molecule has 1 aliphatic heterocycles. The maximum absolute atomic E-state index is 13.7. The second-order valence-electron chi connectivity index (χ2n) is 10.4. The van der Waals surface area contributed by atoms with Gasteiger partial charge in [0.25, 0.3) is 0 Å². The molecular formula is C28H23F9N4O5. The molecule has 4 rings (SSSR count). The Bertz CT molecular complexity index is 1630. The van der Waals surface area contributed by atoms with E-state index in [9.17, 15) is 54.2 Å². The normalized spacial score (nSPS) is 18.7. The van der Waals surface area contributed by atoms with E-state index < -0.39 is 88.9 Å². The first-order chi connectivity index (χ1) is 21.1. The molecule has 3 aromatic rings. The zero-order chi connectivity index (χ0) is 34.4. The third-order valence-corrected chi connectivity index (χ3v) is 7.31. The number of fused-ring (bicyclic) bond motifs is 1. The number of amides is 1. The van der Waals surface area contributed by atoms with Gasteiger partial charge in [-0.1, -0.05) is 6.92 Å². The highest BCUT2D eigenvalue weighted by Gasteiger charge is 2.47. The van der Waals surface area contributed by atoms with Gasteiger partial charge in [0.05, 0.1) is 34.3 Å². The molecule has 248 valence electrons. The molecule has 0 saturated heterocycles. The number of rotatable bonds is 7. The maximum atomic E-state index is 13.7. The van der Waals surface area contributed by atoms with E-state index in [0.29, 0.717) is 29.2 Å². The number of carboxylic acids is 1. The van der Waals surface area contributed by atoms with Crippen molar-refractivity contribution in [3.05, 3.63) is 81.9 Å². The molecule has 0 aliphatic carbocycles. The van der Waals surface area contributed by atoms with Crippen LogP contribution in [0.2, 0.25) is 0 Å². The molecule has 46 heavy (non-hydrogen) atoms. The second kappa shape index (κ2) is 12.0. The minimum Gasteiger partial charge on any atom is -0.479 e. The number of halogens is 9. The van der Waals surface area contributed by atoms with E-state index in [0.717, 1.165) is 12.3 Å². The van der Waals surface area contributed by atoms with E-state index in [-0.39, 0.29) is 36.0 Å². The quantitative estimate of drug-likeness (QED) is 0.238. The average molecular weight is 666 g/mol. The zero-order valence-corrected chi connectivity index (χ0v) is 23.4. The summed E-state index contributed by atoms with van der Waals surface area (Å²) in [5.74, 6) is -3.54. The van der Waals surface area contributed by atoms with Crippen molar-refractivity contribution < 1.29 is 64.1 Å². The Morgan fingerprint density at radius 2 is 1.54 bits per heavy atom. The van der Waals surface area contributed by atoms with Crippen LogP contribution >= 0.6 is 0 Å². The molecule has 1 amide bonds. The minimum absolute atomic E-state index is 0.0482. The van der Waals surface area contributed by atoms with Crippen LogP contribution in [0.1, 0.15) is 65.0 Å². The first-order valence-electron chi connectivity index (χ1n) is 13.2. The monoisotopic (exact) mass is 666 g/mol. The van der Waals surface area contributed by atoms with Crippen molar-refractivity contribution >= 4 is 17.7 Å². The summed E-state index contributed by atoms with van der Waals surface area (Å²) in [5, 5.41) is 19.0. The molecule has 1 aromatic heterocycles. The molecule has 0 bridgehead atoms. The Labute approximate surface area is 253 Å². The number of alkyl halides is 9. The largest absolute Gasteiger partial charge is 0.479 e. The molecule has 18 heteroatoms. The van der Waals surface area contributed by atoms with Gasteiger partial charge in [-0.25, -0.2) is 19.6 Å². The van der Waals surface area contributed by atoms with Crippen LogP contribution in [-0.2, 0) is 29.7 Å². The second-order valence-corrected chi connectivity index (χ2v) is 10.4. The number of anilines is 1. The summed E-state index contributed by atoms with van der Waals surface area (Å²) < 4.78 is 127. The highest BCUT2D eigenvalue weighted by Crippen LogP contribution is 2.47. The number of ether oxygens (including phenoxy) is 1. The Balaban J connectivity index is 1.92. The van der Waals surface area contributed by atoms with Crippen molar-refractivity contribution in [1.29, 1.82) is 0 Å². The lowest BCUT2D eigenvalue weighted by Crippen LogP contribution is -2.61. The fourth-order valence-electron chi connectivity index (χ4n) is 5.13. The fourth-order valence-corrected chi connectivity index (χ4v) is 5.13.